The van der Waals surface area contributed by atoms with E-state index >= 15 is 0 Å². The number of rotatable bonds is 3. The van der Waals surface area contributed by atoms with E-state index in [1.807, 2.05) is 25.1 Å². The number of benzene rings is 1. The first-order valence-electron chi connectivity index (χ1n) is 6.15. The van der Waals surface area contributed by atoms with Gasteiger partial charge in [-0.25, -0.2) is 4.79 Å². The van der Waals surface area contributed by atoms with Gasteiger partial charge in [-0.15, -0.1) is 0 Å². The Morgan fingerprint density at radius 2 is 1.95 bits per heavy atom. The van der Waals surface area contributed by atoms with Gasteiger partial charge in [-0.05, 0) is 24.6 Å². The molecule has 1 heterocycles. The molecular weight excluding hydrogens is 278 g/mol. The lowest BCUT2D eigenvalue weighted by molar-refractivity contribution is 0.671. The molecule has 0 fully saturated rings. The first-order valence-corrected chi connectivity index (χ1v) is 6.53. The number of aryl methyl sites for hydroxylation is 2. The predicted octanol–water partition coefficient (Wildman–Crippen LogP) is 1.66. The molecule has 2 aromatic rings. The Bertz CT molecular complexity index is 762. The zero-order chi connectivity index (χ0) is 14.9. The number of anilines is 1. The van der Waals surface area contributed by atoms with Gasteiger partial charge in [0.25, 0.3) is 5.56 Å². The number of nitrogens with one attached hydrogen (secondary N) is 1. The normalized spacial score (nSPS) is 10.6. The number of hydrogen-bond donors (Lipinski definition) is 1. The molecule has 2 rings (SSSR count). The molecule has 0 amide bonds. The van der Waals surface area contributed by atoms with Crippen molar-refractivity contribution in [3.05, 3.63) is 61.4 Å². The van der Waals surface area contributed by atoms with Gasteiger partial charge in [0.05, 0.1) is 5.56 Å². The van der Waals surface area contributed by atoms with Gasteiger partial charge in [0.2, 0.25) is 0 Å². The third-order valence-electron chi connectivity index (χ3n) is 3.19. The number of aromatic nitrogens is 2. The highest BCUT2D eigenvalue weighted by atomic mass is 35.5. The molecule has 0 aliphatic rings. The minimum Gasteiger partial charge on any atom is -0.380 e. The highest BCUT2D eigenvalue weighted by Gasteiger charge is 2.07. The van der Waals surface area contributed by atoms with E-state index in [9.17, 15) is 9.59 Å². The highest BCUT2D eigenvalue weighted by molar-refractivity contribution is 6.30. The van der Waals surface area contributed by atoms with Crippen LogP contribution in [0.3, 0.4) is 0 Å². The minimum atomic E-state index is -0.335. The lowest BCUT2D eigenvalue weighted by atomic mass is 10.2. The molecule has 0 aliphatic heterocycles. The van der Waals surface area contributed by atoms with Crippen LogP contribution in [0.5, 0.6) is 0 Å². The molecule has 106 valence electrons. The standard InChI is InChI=1S/C14H16ClN3O2/c1-9-4-5-11(15)6-12(9)16-7-10-8-17(2)14(20)18(3)13(10)19/h4-6,8,16H,7H2,1-3H3. The summed E-state index contributed by atoms with van der Waals surface area (Å²) in [6, 6.07) is 5.53. The summed E-state index contributed by atoms with van der Waals surface area (Å²) in [6.45, 7) is 2.29. The van der Waals surface area contributed by atoms with Crippen LogP contribution in [0.2, 0.25) is 5.02 Å². The van der Waals surface area contributed by atoms with Gasteiger partial charge in [-0.3, -0.25) is 9.36 Å². The average molecular weight is 294 g/mol. The Kier molecular flexibility index (Phi) is 3.99. The van der Waals surface area contributed by atoms with Gasteiger partial charge in [-0.1, -0.05) is 17.7 Å². The van der Waals surface area contributed by atoms with Crippen molar-refractivity contribution >= 4 is 17.3 Å². The summed E-state index contributed by atoms with van der Waals surface area (Å²) < 4.78 is 2.49. The smallest absolute Gasteiger partial charge is 0.330 e. The number of hydrogen-bond acceptors (Lipinski definition) is 3. The maximum absolute atomic E-state index is 12.0. The van der Waals surface area contributed by atoms with E-state index in [0.29, 0.717) is 17.1 Å². The fourth-order valence-corrected chi connectivity index (χ4v) is 2.15. The predicted molar refractivity (Wildman–Crippen MR) is 80.4 cm³/mol. The Balaban J connectivity index is 2.30. The monoisotopic (exact) mass is 293 g/mol. The van der Waals surface area contributed by atoms with Crippen LogP contribution in [0, 0.1) is 6.92 Å². The molecule has 0 unspecified atom stereocenters. The van der Waals surface area contributed by atoms with Crippen LogP contribution in [0.15, 0.2) is 34.0 Å². The Hall–Kier alpha value is -2.01. The van der Waals surface area contributed by atoms with Gasteiger partial charge in [-0.2, -0.15) is 0 Å². The topological polar surface area (TPSA) is 56.0 Å². The second kappa shape index (κ2) is 5.54. The fourth-order valence-electron chi connectivity index (χ4n) is 1.98. The summed E-state index contributed by atoms with van der Waals surface area (Å²) in [7, 11) is 3.09. The molecular formula is C14H16ClN3O2. The Labute approximate surface area is 121 Å². The molecule has 5 nitrogen and oxygen atoms in total. The van der Waals surface area contributed by atoms with Crippen molar-refractivity contribution in [1.82, 2.24) is 9.13 Å². The zero-order valence-electron chi connectivity index (χ0n) is 11.6. The summed E-state index contributed by atoms with van der Waals surface area (Å²) in [6.07, 6.45) is 1.55. The van der Waals surface area contributed by atoms with Crippen LogP contribution in [0.4, 0.5) is 5.69 Å². The summed E-state index contributed by atoms with van der Waals surface area (Å²) >= 11 is 5.95. The van der Waals surface area contributed by atoms with Gasteiger partial charge < -0.3 is 9.88 Å². The van der Waals surface area contributed by atoms with Gasteiger partial charge in [0.15, 0.2) is 0 Å². The maximum atomic E-state index is 12.0. The van der Waals surface area contributed by atoms with E-state index in [2.05, 4.69) is 5.32 Å². The minimum absolute atomic E-state index is 0.291. The van der Waals surface area contributed by atoms with Crippen LogP contribution in [0.25, 0.3) is 0 Å². The van der Waals surface area contributed by atoms with E-state index in [-0.39, 0.29) is 11.2 Å². The molecule has 0 spiro atoms. The van der Waals surface area contributed by atoms with Crippen molar-refractivity contribution in [1.29, 1.82) is 0 Å². The summed E-state index contributed by atoms with van der Waals surface area (Å²) in [4.78, 5) is 23.6. The number of halogens is 1. The lowest BCUT2D eigenvalue weighted by Gasteiger charge is -2.11. The summed E-state index contributed by atoms with van der Waals surface area (Å²) in [5.41, 5.74) is 1.80. The number of nitrogens with zero attached hydrogens (tertiary/aromatic N) is 2. The van der Waals surface area contributed by atoms with E-state index in [1.165, 1.54) is 11.6 Å². The largest absolute Gasteiger partial charge is 0.380 e. The van der Waals surface area contributed by atoms with E-state index in [1.54, 1.807) is 13.2 Å². The third kappa shape index (κ3) is 2.77. The molecule has 20 heavy (non-hydrogen) atoms. The van der Waals surface area contributed by atoms with Crippen molar-refractivity contribution in [2.24, 2.45) is 14.1 Å². The Morgan fingerprint density at radius 3 is 2.65 bits per heavy atom. The molecule has 0 saturated heterocycles. The second-order valence-corrected chi connectivity index (χ2v) is 5.16. The van der Waals surface area contributed by atoms with E-state index < -0.39 is 0 Å². The summed E-state index contributed by atoms with van der Waals surface area (Å²) in [5, 5.41) is 3.80. The van der Waals surface area contributed by atoms with Crippen LogP contribution >= 0.6 is 11.6 Å². The van der Waals surface area contributed by atoms with Crippen molar-refractivity contribution < 1.29 is 0 Å². The van der Waals surface area contributed by atoms with Gasteiger partial charge in [0.1, 0.15) is 0 Å². The summed E-state index contributed by atoms with van der Waals surface area (Å²) in [5.74, 6) is 0. The molecule has 1 aromatic carbocycles. The first kappa shape index (κ1) is 14.4. The molecule has 0 atom stereocenters. The van der Waals surface area contributed by atoms with Crippen molar-refractivity contribution in [3.8, 4) is 0 Å². The lowest BCUT2D eigenvalue weighted by Crippen LogP contribution is -2.38. The van der Waals surface area contributed by atoms with Crippen LogP contribution in [-0.2, 0) is 20.6 Å². The molecule has 6 heteroatoms. The van der Waals surface area contributed by atoms with Gasteiger partial charge in [0, 0.05) is 37.5 Å². The van der Waals surface area contributed by atoms with Gasteiger partial charge >= 0.3 is 5.69 Å². The molecule has 1 aromatic heterocycles. The highest BCUT2D eigenvalue weighted by Crippen LogP contribution is 2.20. The van der Waals surface area contributed by atoms with Crippen molar-refractivity contribution in [2.75, 3.05) is 5.32 Å². The van der Waals surface area contributed by atoms with E-state index in [4.69, 9.17) is 11.6 Å². The van der Waals surface area contributed by atoms with Crippen molar-refractivity contribution in [3.63, 3.8) is 0 Å². The zero-order valence-corrected chi connectivity index (χ0v) is 12.4. The van der Waals surface area contributed by atoms with Crippen LogP contribution < -0.4 is 16.6 Å². The third-order valence-corrected chi connectivity index (χ3v) is 3.42. The van der Waals surface area contributed by atoms with Crippen molar-refractivity contribution in [2.45, 2.75) is 13.5 Å². The quantitative estimate of drug-likeness (QED) is 0.936. The average Bonchev–Trinajstić information content (AvgIpc) is 2.42. The molecule has 0 radical (unpaired) electrons. The van der Waals surface area contributed by atoms with Crippen LogP contribution in [0.1, 0.15) is 11.1 Å². The first-order chi connectivity index (χ1) is 9.40. The molecule has 0 aliphatic carbocycles. The fraction of sp³-hybridized carbons (Fsp3) is 0.286. The van der Waals surface area contributed by atoms with E-state index in [0.717, 1.165) is 15.8 Å². The molecule has 1 N–H and O–H groups in total. The maximum Gasteiger partial charge on any atom is 0.330 e. The molecule has 0 saturated carbocycles. The SMILES string of the molecule is Cc1ccc(Cl)cc1NCc1cn(C)c(=O)n(C)c1=O. The Morgan fingerprint density at radius 1 is 1.25 bits per heavy atom. The second-order valence-electron chi connectivity index (χ2n) is 4.72. The molecule has 0 bridgehead atoms. The van der Waals surface area contributed by atoms with Crippen LogP contribution in [-0.4, -0.2) is 9.13 Å².